The maximum Gasteiger partial charge on any atom is 0.353 e. The van der Waals surface area contributed by atoms with Gasteiger partial charge >= 0.3 is 5.97 Å². The van der Waals surface area contributed by atoms with Gasteiger partial charge in [0.1, 0.15) is 10.6 Å². The third-order valence-corrected chi connectivity index (χ3v) is 7.99. The Morgan fingerprint density at radius 1 is 1.32 bits per heavy atom. The van der Waals surface area contributed by atoms with Crippen LogP contribution in [0.5, 0.6) is 5.75 Å². The molecular formula is C18H11BrN4O5S3. The molecule has 2 aliphatic rings. The van der Waals surface area contributed by atoms with E-state index in [9.17, 15) is 18.0 Å². The molecule has 0 unspecified atom stereocenters. The quantitative estimate of drug-likeness (QED) is 0.360. The molecule has 0 radical (unpaired) electrons. The van der Waals surface area contributed by atoms with E-state index in [0.29, 0.717) is 20.7 Å². The first-order chi connectivity index (χ1) is 14.6. The van der Waals surface area contributed by atoms with Crippen molar-refractivity contribution in [3.05, 3.63) is 56.2 Å². The maximum absolute atomic E-state index is 12.4. The Bertz CT molecular complexity index is 1330. The molecular weight excluding hydrogens is 528 g/mol. The molecule has 13 heteroatoms. The second kappa shape index (κ2) is 8.15. The van der Waals surface area contributed by atoms with Crippen LogP contribution in [0.2, 0.25) is 0 Å². The SMILES string of the molecule is CS(=O)(=O)C1=NN2C(=N)/C(=C\c3ccc(OC(=O)c4cccs4)c(Br)c3)C(=O)N=C2S1. The molecule has 9 nitrogen and oxygen atoms in total. The van der Waals surface area contributed by atoms with Gasteiger partial charge in [-0.05, 0) is 62.9 Å². The fraction of sp³-hybridized carbons (Fsp3) is 0.0556. The lowest BCUT2D eigenvalue weighted by atomic mass is 10.1. The molecule has 2 aromatic rings. The van der Waals surface area contributed by atoms with Crippen LogP contribution < -0.4 is 4.74 Å². The van der Waals surface area contributed by atoms with E-state index in [1.165, 1.54) is 17.4 Å². The Morgan fingerprint density at radius 3 is 2.74 bits per heavy atom. The Kier molecular flexibility index (Phi) is 5.68. The van der Waals surface area contributed by atoms with E-state index in [1.807, 2.05) is 0 Å². The lowest BCUT2D eigenvalue weighted by Gasteiger charge is -2.20. The summed E-state index contributed by atoms with van der Waals surface area (Å²) in [6.07, 6.45) is 2.42. The van der Waals surface area contributed by atoms with Crippen molar-refractivity contribution in [2.75, 3.05) is 6.26 Å². The maximum atomic E-state index is 12.4. The fourth-order valence-corrected chi connectivity index (χ4v) is 5.29. The molecule has 0 bridgehead atoms. The zero-order valence-corrected chi connectivity index (χ0v) is 19.6. The van der Waals surface area contributed by atoms with Crippen molar-refractivity contribution in [2.45, 2.75) is 0 Å². The van der Waals surface area contributed by atoms with E-state index in [0.717, 1.165) is 23.0 Å². The Labute approximate surface area is 193 Å². The molecule has 0 saturated carbocycles. The average molecular weight is 539 g/mol. The minimum atomic E-state index is -3.60. The monoisotopic (exact) mass is 538 g/mol. The average Bonchev–Trinajstić information content (AvgIpc) is 3.36. The predicted molar refractivity (Wildman–Crippen MR) is 123 cm³/mol. The second-order valence-electron chi connectivity index (χ2n) is 6.21. The zero-order valence-electron chi connectivity index (χ0n) is 15.5. The van der Waals surface area contributed by atoms with Gasteiger partial charge in [0.15, 0.2) is 5.84 Å². The molecule has 1 aromatic heterocycles. The summed E-state index contributed by atoms with van der Waals surface area (Å²) in [5.74, 6) is -1.16. The van der Waals surface area contributed by atoms with Crippen LogP contribution in [0.15, 0.2) is 55.9 Å². The number of hydrogen-bond donors (Lipinski definition) is 1. The van der Waals surface area contributed by atoms with E-state index >= 15 is 0 Å². The molecule has 3 heterocycles. The van der Waals surface area contributed by atoms with Gasteiger partial charge < -0.3 is 4.74 Å². The third kappa shape index (κ3) is 4.39. The number of esters is 1. The van der Waals surface area contributed by atoms with Crippen LogP contribution >= 0.6 is 39.0 Å². The summed E-state index contributed by atoms with van der Waals surface area (Å²) < 4.78 is 29.0. The van der Waals surface area contributed by atoms with Gasteiger partial charge in [0.2, 0.25) is 19.4 Å². The molecule has 0 atom stereocenters. The molecule has 1 N–H and O–H groups in total. The van der Waals surface area contributed by atoms with E-state index in [4.69, 9.17) is 10.1 Å². The molecule has 4 rings (SSSR count). The molecule has 2 aliphatic heterocycles. The number of hydrogen-bond acceptors (Lipinski definition) is 9. The summed E-state index contributed by atoms with van der Waals surface area (Å²) in [4.78, 5) is 28.8. The van der Waals surface area contributed by atoms with Gasteiger partial charge in [0.25, 0.3) is 5.91 Å². The van der Waals surface area contributed by atoms with Crippen LogP contribution in [-0.4, -0.2) is 46.9 Å². The highest BCUT2D eigenvalue weighted by Gasteiger charge is 2.38. The minimum Gasteiger partial charge on any atom is -0.421 e. The number of thioether (sulfide) groups is 1. The van der Waals surface area contributed by atoms with E-state index in [1.54, 1.807) is 35.7 Å². The van der Waals surface area contributed by atoms with Gasteiger partial charge in [-0.15, -0.1) is 16.4 Å². The minimum absolute atomic E-state index is 0.0181. The van der Waals surface area contributed by atoms with Gasteiger partial charge in [0, 0.05) is 6.26 Å². The highest BCUT2D eigenvalue weighted by Crippen LogP contribution is 2.32. The van der Waals surface area contributed by atoms with Gasteiger partial charge in [0.05, 0.1) is 10.0 Å². The van der Waals surface area contributed by atoms with E-state index < -0.39 is 21.7 Å². The van der Waals surface area contributed by atoms with Gasteiger partial charge in [-0.3, -0.25) is 10.2 Å². The number of thiophene rings is 1. The number of aliphatic imine (C=N–C) groups is 1. The van der Waals surface area contributed by atoms with Crippen molar-refractivity contribution in [2.24, 2.45) is 10.1 Å². The zero-order chi connectivity index (χ0) is 22.3. The number of hydrazone groups is 1. The second-order valence-corrected chi connectivity index (χ2v) is 11.2. The number of benzene rings is 1. The van der Waals surface area contributed by atoms with Crippen molar-refractivity contribution in [1.82, 2.24) is 5.01 Å². The topological polar surface area (TPSA) is 129 Å². The molecule has 0 fully saturated rings. The van der Waals surface area contributed by atoms with E-state index in [-0.39, 0.29) is 21.0 Å². The summed E-state index contributed by atoms with van der Waals surface area (Å²) in [6, 6.07) is 8.19. The van der Waals surface area contributed by atoms with Crippen LogP contribution in [0.3, 0.4) is 0 Å². The van der Waals surface area contributed by atoms with Crippen LogP contribution in [0.25, 0.3) is 6.08 Å². The smallest absolute Gasteiger partial charge is 0.353 e. The number of amides is 1. The number of nitrogens with zero attached hydrogens (tertiary/aromatic N) is 3. The number of carbonyl (C=O) groups is 2. The molecule has 0 spiro atoms. The Hall–Kier alpha value is -2.61. The van der Waals surface area contributed by atoms with Crippen LogP contribution in [0.4, 0.5) is 0 Å². The molecule has 0 saturated heterocycles. The summed E-state index contributed by atoms with van der Waals surface area (Å²) in [5, 5.41) is 15.0. The molecule has 1 aromatic carbocycles. The van der Waals surface area contributed by atoms with Crippen LogP contribution in [-0.2, 0) is 14.6 Å². The van der Waals surface area contributed by atoms with Gasteiger partial charge in [-0.1, -0.05) is 12.1 Å². The first kappa shape index (κ1) is 21.6. The molecule has 0 aliphatic carbocycles. The molecule has 158 valence electrons. The van der Waals surface area contributed by atoms with Crippen molar-refractivity contribution >= 4 is 82.2 Å². The number of fused-ring (bicyclic) bond motifs is 1. The number of carbonyl (C=O) groups excluding carboxylic acids is 2. The number of halogens is 1. The number of sulfone groups is 1. The first-order valence-electron chi connectivity index (χ1n) is 8.39. The number of ether oxygens (including phenoxy) is 1. The highest BCUT2D eigenvalue weighted by atomic mass is 79.9. The normalized spacial score (nSPS) is 17.5. The lowest BCUT2D eigenvalue weighted by molar-refractivity contribution is -0.114. The summed E-state index contributed by atoms with van der Waals surface area (Å²) in [5.41, 5.74) is 0.479. The molecule has 31 heavy (non-hydrogen) atoms. The van der Waals surface area contributed by atoms with Gasteiger partial charge in [-0.2, -0.15) is 10.0 Å². The van der Waals surface area contributed by atoms with Crippen molar-refractivity contribution in [1.29, 1.82) is 5.41 Å². The Balaban J connectivity index is 1.59. The number of nitrogens with one attached hydrogen (secondary N) is 1. The van der Waals surface area contributed by atoms with Crippen molar-refractivity contribution in [3.8, 4) is 5.75 Å². The highest BCUT2D eigenvalue weighted by molar-refractivity contribution is 9.10. The number of amidine groups is 2. The Morgan fingerprint density at radius 2 is 2.10 bits per heavy atom. The fourth-order valence-electron chi connectivity index (χ4n) is 2.53. The van der Waals surface area contributed by atoms with Crippen molar-refractivity contribution < 1.29 is 22.7 Å². The lowest BCUT2D eigenvalue weighted by Crippen LogP contribution is -2.35. The predicted octanol–water partition coefficient (Wildman–Crippen LogP) is 3.35. The van der Waals surface area contributed by atoms with Crippen molar-refractivity contribution in [3.63, 3.8) is 0 Å². The molecule has 1 amide bonds. The van der Waals surface area contributed by atoms with Crippen LogP contribution in [0, 0.1) is 5.41 Å². The first-order valence-corrected chi connectivity index (χ1v) is 12.8. The largest absolute Gasteiger partial charge is 0.421 e. The van der Waals surface area contributed by atoms with Gasteiger partial charge in [-0.25, -0.2) is 13.2 Å². The van der Waals surface area contributed by atoms with Crippen LogP contribution in [0.1, 0.15) is 15.2 Å². The summed E-state index contributed by atoms with van der Waals surface area (Å²) in [6.45, 7) is 0. The number of rotatable bonds is 3. The van der Waals surface area contributed by atoms with E-state index in [2.05, 4.69) is 26.0 Å². The summed E-state index contributed by atoms with van der Waals surface area (Å²) in [7, 11) is -3.60. The third-order valence-electron chi connectivity index (χ3n) is 3.95. The summed E-state index contributed by atoms with van der Waals surface area (Å²) >= 11 is 5.32. The standard InChI is InChI=1S/C18H11BrN4O5S3/c1-31(26,27)18-22-23-14(20)10(15(24)21-17(23)30-18)7-9-4-5-12(11(19)8-9)28-16(25)13-3-2-6-29-13/h2-8,20H,1H3/b10-7+,20-14?.